The fourth-order valence-corrected chi connectivity index (χ4v) is 3.93. The van der Waals surface area contributed by atoms with Crippen LogP contribution in [0.2, 0.25) is 0 Å². The molecule has 0 radical (unpaired) electrons. The second kappa shape index (κ2) is 11.6. The molecule has 1 saturated heterocycles. The van der Waals surface area contributed by atoms with E-state index in [9.17, 15) is 0 Å². The number of hydrogen-bond acceptors (Lipinski definition) is 9. The van der Waals surface area contributed by atoms with Gasteiger partial charge in [-0.1, -0.05) is 13.3 Å². The number of morpholine rings is 1. The van der Waals surface area contributed by atoms with Crippen LogP contribution in [0.3, 0.4) is 0 Å². The Morgan fingerprint density at radius 1 is 1.06 bits per heavy atom. The summed E-state index contributed by atoms with van der Waals surface area (Å²) in [5.41, 5.74) is 2.76. The van der Waals surface area contributed by atoms with E-state index in [4.69, 9.17) is 14.2 Å². The van der Waals surface area contributed by atoms with Gasteiger partial charge in [0.05, 0.1) is 44.3 Å². The molecule has 33 heavy (non-hydrogen) atoms. The Bertz CT molecular complexity index is 1010. The number of anilines is 2. The summed E-state index contributed by atoms with van der Waals surface area (Å²) in [6.07, 6.45) is 10.7. The third-order valence-corrected chi connectivity index (χ3v) is 5.65. The second-order valence-corrected chi connectivity index (χ2v) is 8.01. The summed E-state index contributed by atoms with van der Waals surface area (Å²) in [7, 11) is 1.60. The zero-order valence-corrected chi connectivity index (χ0v) is 19.4. The van der Waals surface area contributed by atoms with Crippen molar-refractivity contribution in [2.75, 3.05) is 50.2 Å². The lowest BCUT2D eigenvalue weighted by atomic mass is 10.1. The standard InChI is InChI=1S/C24H32N6O3/c1-3-5-19(6-4-7-27-24-28-16-20(31-2)17-29-24)33-22-15-18(30-10-12-32-13-11-30)14-21-23(22)26-9-8-25-21/h8-9,14-17,19H,3-7,10-13H2,1-2H3,(H,27,28,29)/t19-/m0/s1. The molecule has 1 aliphatic heterocycles. The molecule has 0 bridgehead atoms. The third kappa shape index (κ3) is 6.19. The van der Waals surface area contributed by atoms with Crippen molar-refractivity contribution in [1.82, 2.24) is 19.9 Å². The molecule has 1 aromatic carbocycles. The van der Waals surface area contributed by atoms with Gasteiger partial charge in [-0.3, -0.25) is 4.98 Å². The van der Waals surface area contributed by atoms with Crippen molar-refractivity contribution in [3.05, 3.63) is 36.9 Å². The Hall–Kier alpha value is -3.20. The van der Waals surface area contributed by atoms with Gasteiger partial charge in [-0.05, 0) is 25.3 Å². The van der Waals surface area contributed by atoms with E-state index >= 15 is 0 Å². The predicted molar refractivity (Wildman–Crippen MR) is 128 cm³/mol. The molecule has 1 atom stereocenters. The summed E-state index contributed by atoms with van der Waals surface area (Å²) < 4.78 is 17.2. The Balaban J connectivity index is 1.42. The SMILES string of the molecule is CCC[C@@H](CCCNc1ncc(OC)cn1)Oc1cc(N2CCOCC2)cc2nccnc12. The Kier molecular flexibility index (Phi) is 8.08. The summed E-state index contributed by atoms with van der Waals surface area (Å²) in [5.74, 6) is 2.04. The number of rotatable bonds is 11. The second-order valence-electron chi connectivity index (χ2n) is 8.01. The number of methoxy groups -OCH3 is 1. The largest absolute Gasteiger partial charge is 0.494 e. The van der Waals surface area contributed by atoms with Crippen LogP contribution in [0.25, 0.3) is 11.0 Å². The van der Waals surface area contributed by atoms with Crippen LogP contribution in [0, 0.1) is 0 Å². The third-order valence-electron chi connectivity index (χ3n) is 5.65. The molecular formula is C24H32N6O3. The first kappa shape index (κ1) is 23.0. The van der Waals surface area contributed by atoms with E-state index < -0.39 is 0 Å². The maximum absolute atomic E-state index is 6.55. The van der Waals surface area contributed by atoms with Gasteiger partial charge < -0.3 is 24.4 Å². The van der Waals surface area contributed by atoms with Gasteiger partial charge in [0.1, 0.15) is 11.3 Å². The van der Waals surface area contributed by atoms with E-state index in [1.54, 1.807) is 31.9 Å². The first-order chi connectivity index (χ1) is 16.3. The van der Waals surface area contributed by atoms with Crippen LogP contribution in [-0.2, 0) is 4.74 Å². The van der Waals surface area contributed by atoms with E-state index in [1.165, 1.54) is 0 Å². The van der Waals surface area contributed by atoms with Crippen molar-refractivity contribution < 1.29 is 14.2 Å². The number of nitrogens with zero attached hydrogens (tertiary/aromatic N) is 5. The molecule has 3 aromatic rings. The predicted octanol–water partition coefficient (Wildman–Crippen LogP) is 3.70. The topological polar surface area (TPSA) is 94.5 Å². The van der Waals surface area contributed by atoms with Gasteiger partial charge in [-0.2, -0.15) is 0 Å². The molecule has 1 fully saturated rings. The molecule has 3 heterocycles. The monoisotopic (exact) mass is 452 g/mol. The maximum atomic E-state index is 6.55. The summed E-state index contributed by atoms with van der Waals surface area (Å²) in [5, 5.41) is 3.26. The van der Waals surface area contributed by atoms with Crippen LogP contribution >= 0.6 is 0 Å². The number of hydrogen-bond donors (Lipinski definition) is 1. The van der Waals surface area contributed by atoms with E-state index in [-0.39, 0.29) is 6.10 Å². The van der Waals surface area contributed by atoms with Crippen LogP contribution in [-0.4, -0.2) is 66.0 Å². The van der Waals surface area contributed by atoms with Crippen molar-refractivity contribution in [3.63, 3.8) is 0 Å². The molecule has 9 nitrogen and oxygen atoms in total. The molecular weight excluding hydrogens is 420 g/mol. The summed E-state index contributed by atoms with van der Waals surface area (Å²) in [4.78, 5) is 19.9. The Morgan fingerprint density at radius 2 is 1.85 bits per heavy atom. The molecule has 1 N–H and O–H groups in total. The van der Waals surface area contributed by atoms with E-state index in [2.05, 4.69) is 49.2 Å². The van der Waals surface area contributed by atoms with Crippen LogP contribution in [0.5, 0.6) is 11.5 Å². The summed E-state index contributed by atoms with van der Waals surface area (Å²) in [6.45, 7) is 6.15. The fourth-order valence-electron chi connectivity index (χ4n) is 3.93. The molecule has 4 rings (SSSR count). The Morgan fingerprint density at radius 3 is 2.61 bits per heavy atom. The molecule has 176 valence electrons. The molecule has 0 amide bonds. The first-order valence-corrected chi connectivity index (χ1v) is 11.6. The molecule has 2 aromatic heterocycles. The van der Waals surface area contributed by atoms with Gasteiger partial charge in [-0.15, -0.1) is 0 Å². The van der Waals surface area contributed by atoms with Crippen molar-refractivity contribution in [2.24, 2.45) is 0 Å². The van der Waals surface area contributed by atoms with Crippen LogP contribution in [0.1, 0.15) is 32.6 Å². The molecule has 0 saturated carbocycles. The lowest BCUT2D eigenvalue weighted by Crippen LogP contribution is -2.36. The smallest absolute Gasteiger partial charge is 0.222 e. The summed E-state index contributed by atoms with van der Waals surface area (Å²) in [6, 6.07) is 4.20. The van der Waals surface area contributed by atoms with Gasteiger partial charge in [0.15, 0.2) is 5.75 Å². The zero-order chi connectivity index (χ0) is 22.9. The highest BCUT2D eigenvalue weighted by Gasteiger charge is 2.18. The molecule has 0 unspecified atom stereocenters. The van der Waals surface area contributed by atoms with Gasteiger partial charge in [0.2, 0.25) is 5.95 Å². The number of nitrogens with one attached hydrogen (secondary N) is 1. The van der Waals surface area contributed by atoms with E-state index in [1.807, 2.05) is 0 Å². The molecule has 9 heteroatoms. The zero-order valence-electron chi connectivity index (χ0n) is 19.4. The highest BCUT2D eigenvalue weighted by atomic mass is 16.5. The Labute approximate surface area is 194 Å². The normalized spacial score (nSPS) is 14.8. The lowest BCUT2D eigenvalue weighted by Gasteiger charge is -2.29. The summed E-state index contributed by atoms with van der Waals surface area (Å²) >= 11 is 0. The first-order valence-electron chi connectivity index (χ1n) is 11.6. The fraction of sp³-hybridized carbons (Fsp3) is 0.500. The number of benzene rings is 1. The molecule has 0 spiro atoms. The molecule has 1 aliphatic rings. The highest BCUT2D eigenvalue weighted by Crippen LogP contribution is 2.31. The average Bonchev–Trinajstić information content (AvgIpc) is 2.87. The van der Waals surface area contributed by atoms with Crippen molar-refractivity contribution in [2.45, 2.75) is 38.7 Å². The average molecular weight is 453 g/mol. The van der Waals surface area contributed by atoms with Crippen molar-refractivity contribution >= 4 is 22.7 Å². The maximum Gasteiger partial charge on any atom is 0.222 e. The quantitative estimate of drug-likeness (QED) is 0.437. The highest BCUT2D eigenvalue weighted by molar-refractivity contribution is 5.85. The number of fused-ring (bicyclic) bond motifs is 1. The van der Waals surface area contributed by atoms with Crippen molar-refractivity contribution in [1.29, 1.82) is 0 Å². The minimum Gasteiger partial charge on any atom is -0.494 e. The van der Waals surface area contributed by atoms with Gasteiger partial charge in [-0.25, -0.2) is 15.0 Å². The minimum atomic E-state index is 0.0960. The van der Waals surface area contributed by atoms with Crippen molar-refractivity contribution in [3.8, 4) is 11.5 Å². The van der Waals surface area contributed by atoms with Gasteiger partial charge >= 0.3 is 0 Å². The molecule has 0 aliphatic carbocycles. The van der Waals surface area contributed by atoms with Gasteiger partial charge in [0, 0.05) is 43.8 Å². The number of aromatic nitrogens is 4. The minimum absolute atomic E-state index is 0.0960. The van der Waals surface area contributed by atoms with Gasteiger partial charge in [0.25, 0.3) is 0 Å². The van der Waals surface area contributed by atoms with Crippen LogP contribution < -0.4 is 19.7 Å². The lowest BCUT2D eigenvalue weighted by molar-refractivity contribution is 0.122. The van der Waals surface area contributed by atoms with Crippen LogP contribution in [0.4, 0.5) is 11.6 Å². The van der Waals surface area contributed by atoms with E-state index in [0.717, 1.165) is 81.0 Å². The number of ether oxygens (including phenoxy) is 3. The van der Waals surface area contributed by atoms with Crippen LogP contribution in [0.15, 0.2) is 36.9 Å². The van der Waals surface area contributed by atoms with E-state index in [0.29, 0.717) is 11.7 Å².